The van der Waals surface area contributed by atoms with Crippen LogP contribution in [0.5, 0.6) is 0 Å². The predicted octanol–water partition coefficient (Wildman–Crippen LogP) is 1.96. The van der Waals surface area contributed by atoms with Crippen molar-refractivity contribution in [2.75, 3.05) is 0 Å². The fourth-order valence-electron chi connectivity index (χ4n) is 2.31. The number of nitrogens with zero attached hydrogens (tertiary/aromatic N) is 4. The van der Waals surface area contributed by atoms with Crippen molar-refractivity contribution < 1.29 is 4.85 Å². The summed E-state index contributed by atoms with van der Waals surface area (Å²) in [7, 11) is 0. The van der Waals surface area contributed by atoms with Crippen molar-refractivity contribution in [1.82, 2.24) is 15.1 Å². The van der Waals surface area contributed by atoms with Crippen LogP contribution in [0, 0.1) is 5.21 Å². The second-order valence-electron chi connectivity index (χ2n) is 4.30. The summed E-state index contributed by atoms with van der Waals surface area (Å²) < 4.78 is 0. The van der Waals surface area contributed by atoms with E-state index in [4.69, 9.17) is 0 Å². The van der Waals surface area contributed by atoms with Crippen molar-refractivity contribution in [3.63, 3.8) is 0 Å². The number of aromatic nitrogens is 4. The molecule has 0 saturated carbocycles. The van der Waals surface area contributed by atoms with E-state index in [0.717, 1.165) is 16.3 Å². The van der Waals surface area contributed by atoms with Crippen molar-refractivity contribution in [2.24, 2.45) is 0 Å². The molecule has 5 nitrogen and oxygen atoms in total. The van der Waals surface area contributed by atoms with Crippen LogP contribution in [0.4, 0.5) is 0 Å². The Morgan fingerprint density at radius 2 is 1.58 bits per heavy atom. The third kappa shape index (κ3) is 1.41. The van der Waals surface area contributed by atoms with Gasteiger partial charge >= 0.3 is 0 Å². The van der Waals surface area contributed by atoms with E-state index in [1.165, 1.54) is 0 Å². The number of rotatable bonds is 0. The SMILES string of the molecule is [O-][n+]1nc2ccccc2c2cc3nccnc3cc21. The fourth-order valence-corrected chi connectivity index (χ4v) is 2.31. The molecule has 0 spiro atoms. The molecule has 19 heavy (non-hydrogen) atoms. The maximum atomic E-state index is 12.0. The van der Waals surface area contributed by atoms with Crippen LogP contribution >= 0.6 is 0 Å². The van der Waals surface area contributed by atoms with Crippen LogP contribution in [0.1, 0.15) is 0 Å². The van der Waals surface area contributed by atoms with Gasteiger partial charge in [-0.1, -0.05) is 18.2 Å². The van der Waals surface area contributed by atoms with Gasteiger partial charge in [0.2, 0.25) is 0 Å². The lowest BCUT2D eigenvalue weighted by Crippen LogP contribution is -2.31. The molecule has 2 heterocycles. The molecule has 4 aromatic rings. The highest BCUT2D eigenvalue weighted by atomic mass is 16.5. The Morgan fingerprint density at radius 1 is 0.842 bits per heavy atom. The molecule has 0 fully saturated rings. The molecule has 0 amide bonds. The summed E-state index contributed by atoms with van der Waals surface area (Å²) in [6, 6.07) is 11.2. The average molecular weight is 248 g/mol. The first-order valence-corrected chi connectivity index (χ1v) is 5.86. The summed E-state index contributed by atoms with van der Waals surface area (Å²) in [6.45, 7) is 0. The standard InChI is InChI=1S/C14H8N4O/c19-18-14-8-13-12(15-5-6-16-13)7-10(14)9-3-1-2-4-11(9)17-18/h1-8H. The molecular formula is C14H8N4O. The molecule has 0 aliphatic heterocycles. The van der Waals surface area contributed by atoms with Crippen LogP contribution in [0.3, 0.4) is 0 Å². The molecule has 2 aromatic heterocycles. The minimum atomic E-state index is 0.506. The Bertz CT molecular complexity index is 936. The molecule has 0 aliphatic carbocycles. The van der Waals surface area contributed by atoms with Gasteiger partial charge in [-0.25, -0.2) is 0 Å². The zero-order chi connectivity index (χ0) is 12.8. The lowest BCUT2D eigenvalue weighted by molar-refractivity contribution is -0.639. The van der Waals surface area contributed by atoms with E-state index in [9.17, 15) is 5.21 Å². The minimum absolute atomic E-state index is 0.506. The topological polar surface area (TPSA) is 65.6 Å². The third-order valence-electron chi connectivity index (χ3n) is 3.19. The number of benzene rings is 2. The fraction of sp³-hybridized carbons (Fsp3) is 0. The molecule has 0 radical (unpaired) electrons. The highest BCUT2D eigenvalue weighted by Gasteiger charge is 2.12. The largest absolute Gasteiger partial charge is 0.594 e. The molecule has 0 atom stereocenters. The summed E-state index contributed by atoms with van der Waals surface area (Å²) >= 11 is 0. The van der Waals surface area contributed by atoms with E-state index in [1.54, 1.807) is 18.5 Å². The van der Waals surface area contributed by atoms with Crippen molar-refractivity contribution in [3.05, 3.63) is 54.0 Å². The maximum Gasteiger partial charge on any atom is 0.255 e. The molecule has 90 valence electrons. The van der Waals surface area contributed by atoms with Crippen LogP contribution in [0.25, 0.3) is 32.8 Å². The van der Waals surface area contributed by atoms with E-state index in [2.05, 4.69) is 15.1 Å². The van der Waals surface area contributed by atoms with Crippen LogP contribution in [0.15, 0.2) is 48.8 Å². The molecule has 0 aliphatic rings. The van der Waals surface area contributed by atoms with Crippen molar-refractivity contribution in [3.8, 4) is 0 Å². The zero-order valence-corrected chi connectivity index (χ0v) is 9.82. The van der Waals surface area contributed by atoms with E-state index >= 15 is 0 Å². The summed E-state index contributed by atoms with van der Waals surface area (Å²) in [4.78, 5) is 9.13. The van der Waals surface area contributed by atoms with Crippen molar-refractivity contribution in [2.45, 2.75) is 0 Å². The molecule has 0 unspecified atom stereocenters. The predicted molar refractivity (Wildman–Crippen MR) is 71.3 cm³/mol. The summed E-state index contributed by atoms with van der Waals surface area (Å²) in [5.41, 5.74) is 2.64. The van der Waals surface area contributed by atoms with Gasteiger partial charge in [0, 0.05) is 28.9 Å². The highest BCUT2D eigenvalue weighted by Crippen LogP contribution is 2.23. The van der Waals surface area contributed by atoms with Crippen molar-refractivity contribution in [1.29, 1.82) is 0 Å². The Balaban J connectivity index is 2.30. The minimum Gasteiger partial charge on any atom is -0.594 e. The molecular weight excluding hydrogens is 240 g/mol. The zero-order valence-electron chi connectivity index (χ0n) is 9.82. The van der Waals surface area contributed by atoms with E-state index in [1.807, 2.05) is 30.3 Å². The molecule has 0 saturated heterocycles. The van der Waals surface area contributed by atoms with Gasteiger partial charge in [-0.3, -0.25) is 9.97 Å². The van der Waals surface area contributed by atoms with E-state index in [0.29, 0.717) is 21.4 Å². The molecule has 4 rings (SSSR count). The Kier molecular flexibility index (Phi) is 1.91. The van der Waals surface area contributed by atoms with Gasteiger partial charge in [-0.05, 0) is 17.0 Å². The van der Waals surface area contributed by atoms with E-state index < -0.39 is 0 Å². The number of fused-ring (bicyclic) bond motifs is 4. The van der Waals surface area contributed by atoms with Crippen molar-refractivity contribution >= 4 is 32.8 Å². The molecule has 0 bridgehead atoms. The van der Waals surface area contributed by atoms with Gasteiger partial charge in [0.25, 0.3) is 5.52 Å². The summed E-state index contributed by atoms with van der Waals surface area (Å²) in [6.07, 6.45) is 3.25. The lowest BCUT2D eigenvalue weighted by Gasteiger charge is -2.04. The van der Waals surface area contributed by atoms with Gasteiger partial charge < -0.3 is 5.21 Å². The van der Waals surface area contributed by atoms with Crippen LogP contribution in [-0.4, -0.2) is 15.1 Å². The highest BCUT2D eigenvalue weighted by molar-refractivity contribution is 6.06. The number of hydrogen-bond acceptors (Lipinski definition) is 4. The summed E-state index contributed by atoms with van der Waals surface area (Å²) in [5, 5.41) is 17.8. The first-order chi connectivity index (χ1) is 9.33. The van der Waals surface area contributed by atoms with Crippen LogP contribution < -0.4 is 4.85 Å². The maximum absolute atomic E-state index is 12.0. The first kappa shape index (κ1) is 10.1. The normalized spacial score (nSPS) is 11.4. The second kappa shape index (κ2) is 3.58. The Morgan fingerprint density at radius 3 is 2.42 bits per heavy atom. The first-order valence-electron chi connectivity index (χ1n) is 5.86. The molecule has 0 N–H and O–H groups in total. The summed E-state index contributed by atoms with van der Waals surface area (Å²) in [5.74, 6) is 0. The van der Waals surface area contributed by atoms with Gasteiger partial charge in [0.05, 0.1) is 16.4 Å². The second-order valence-corrected chi connectivity index (χ2v) is 4.30. The number of hydrogen-bond donors (Lipinski definition) is 0. The third-order valence-corrected chi connectivity index (χ3v) is 3.19. The molecule has 5 heteroatoms. The van der Waals surface area contributed by atoms with Gasteiger partial charge in [0.1, 0.15) is 5.52 Å². The van der Waals surface area contributed by atoms with Gasteiger partial charge in [-0.2, -0.15) is 0 Å². The molecule has 2 aromatic carbocycles. The average Bonchev–Trinajstić information content (AvgIpc) is 2.46. The Hall–Kier alpha value is -2.82. The lowest BCUT2D eigenvalue weighted by atomic mass is 10.1. The van der Waals surface area contributed by atoms with Crippen LogP contribution in [0.2, 0.25) is 0 Å². The van der Waals surface area contributed by atoms with Gasteiger partial charge in [0.15, 0.2) is 0 Å². The smallest absolute Gasteiger partial charge is 0.255 e. The van der Waals surface area contributed by atoms with E-state index in [-0.39, 0.29) is 0 Å². The quantitative estimate of drug-likeness (QED) is 0.206. The van der Waals surface area contributed by atoms with Crippen LogP contribution in [-0.2, 0) is 0 Å². The van der Waals surface area contributed by atoms with Gasteiger partial charge in [-0.15, -0.1) is 0 Å². The monoisotopic (exact) mass is 248 g/mol. The Labute approximate surface area is 107 Å².